The fraction of sp³-hybridized carbons (Fsp3) is 0.211. The number of ketones is 1. The zero-order valence-electron chi connectivity index (χ0n) is 12.7. The van der Waals surface area contributed by atoms with Crippen molar-refractivity contribution in [3.05, 3.63) is 65.0 Å². The van der Waals surface area contributed by atoms with E-state index in [1.807, 2.05) is 54.6 Å². The molecule has 1 N–H and O–H groups in total. The van der Waals surface area contributed by atoms with Gasteiger partial charge in [0, 0.05) is 17.7 Å². The zero-order valence-corrected chi connectivity index (χ0v) is 13.5. The van der Waals surface area contributed by atoms with E-state index < -0.39 is 0 Å². The van der Waals surface area contributed by atoms with Gasteiger partial charge in [0.1, 0.15) is 12.4 Å². The molecular formula is C19H18O3S. The molecule has 118 valence electrons. The van der Waals surface area contributed by atoms with Gasteiger partial charge in [-0.15, -0.1) is 11.3 Å². The molecule has 23 heavy (non-hydrogen) atoms. The second-order valence-corrected chi connectivity index (χ2v) is 6.42. The van der Waals surface area contributed by atoms with Gasteiger partial charge in [0.2, 0.25) is 0 Å². The Labute approximate surface area is 139 Å². The van der Waals surface area contributed by atoms with Crippen molar-refractivity contribution in [2.45, 2.75) is 19.4 Å². The molecule has 0 fully saturated rings. The van der Waals surface area contributed by atoms with Crippen molar-refractivity contribution < 1.29 is 14.6 Å². The van der Waals surface area contributed by atoms with E-state index in [1.165, 1.54) is 11.3 Å². The second kappa shape index (κ2) is 7.40. The van der Waals surface area contributed by atoms with Crippen LogP contribution in [0.15, 0.2) is 54.6 Å². The van der Waals surface area contributed by atoms with Crippen LogP contribution in [0.5, 0.6) is 5.75 Å². The summed E-state index contributed by atoms with van der Waals surface area (Å²) in [6.07, 6.45) is 0.902. The first kappa shape index (κ1) is 15.7. The number of aliphatic hydroxyl groups excluding tert-OH is 1. The van der Waals surface area contributed by atoms with Crippen molar-refractivity contribution in [2.24, 2.45) is 0 Å². The number of hydrogen-bond acceptors (Lipinski definition) is 4. The molecule has 0 amide bonds. The highest BCUT2D eigenvalue weighted by atomic mass is 32.1. The van der Waals surface area contributed by atoms with Crippen LogP contribution in [0.3, 0.4) is 0 Å². The van der Waals surface area contributed by atoms with Crippen LogP contribution >= 0.6 is 11.3 Å². The summed E-state index contributed by atoms with van der Waals surface area (Å²) in [5.41, 5.74) is 1.12. The molecule has 0 radical (unpaired) electrons. The number of fused-ring (bicyclic) bond motifs is 1. The van der Waals surface area contributed by atoms with Gasteiger partial charge >= 0.3 is 0 Å². The molecule has 0 spiro atoms. The highest BCUT2D eigenvalue weighted by Gasteiger charge is 2.10. The zero-order chi connectivity index (χ0) is 16.1. The minimum atomic E-state index is 0.0497. The number of thiophene rings is 1. The van der Waals surface area contributed by atoms with E-state index in [-0.39, 0.29) is 12.4 Å². The van der Waals surface area contributed by atoms with Crippen molar-refractivity contribution in [2.75, 3.05) is 6.61 Å². The van der Waals surface area contributed by atoms with Crippen LogP contribution in [0.25, 0.3) is 10.1 Å². The summed E-state index contributed by atoms with van der Waals surface area (Å²) in [6.45, 7) is 0.577. The topological polar surface area (TPSA) is 46.5 Å². The predicted molar refractivity (Wildman–Crippen MR) is 93.2 cm³/mol. The van der Waals surface area contributed by atoms with E-state index in [4.69, 9.17) is 9.84 Å². The largest absolute Gasteiger partial charge is 0.489 e. The Balaban J connectivity index is 1.72. The number of Topliss-reactive ketones (excluding diaryl/α,β-unsaturated/α-hetero) is 1. The van der Waals surface area contributed by atoms with Gasteiger partial charge in [-0.3, -0.25) is 4.79 Å². The maximum absolute atomic E-state index is 12.0. The molecule has 0 aliphatic rings. The maximum Gasteiger partial charge on any atom is 0.172 e. The fourth-order valence-electron chi connectivity index (χ4n) is 2.34. The molecule has 0 bridgehead atoms. The first-order valence-corrected chi connectivity index (χ1v) is 8.42. The number of ether oxygens (including phenoxy) is 1. The molecule has 3 aromatic rings. The summed E-state index contributed by atoms with van der Waals surface area (Å²) < 4.78 is 6.87. The van der Waals surface area contributed by atoms with Gasteiger partial charge in [-0.25, -0.2) is 0 Å². The van der Waals surface area contributed by atoms with Gasteiger partial charge in [-0.2, -0.15) is 0 Å². The van der Waals surface area contributed by atoms with E-state index in [0.717, 1.165) is 26.3 Å². The van der Waals surface area contributed by atoms with Crippen molar-refractivity contribution >= 4 is 27.2 Å². The summed E-state index contributed by atoms with van der Waals surface area (Å²) in [5, 5.41) is 9.88. The molecule has 2 aromatic carbocycles. The fourth-order valence-corrected chi connectivity index (χ4v) is 3.40. The van der Waals surface area contributed by atoms with Crippen LogP contribution in [0.1, 0.15) is 28.1 Å². The molecule has 3 rings (SSSR count). The molecule has 0 saturated carbocycles. The average molecular weight is 326 g/mol. The van der Waals surface area contributed by atoms with E-state index in [1.54, 1.807) is 0 Å². The summed E-state index contributed by atoms with van der Waals surface area (Å²) in [6, 6.07) is 17.8. The summed E-state index contributed by atoms with van der Waals surface area (Å²) in [5.74, 6) is 0.893. The van der Waals surface area contributed by atoms with Crippen molar-refractivity contribution in [3.63, 3.8) is 0 Å². The highest BCUT2D eigenvalue weighted by molar-refractivity contribution is 7.20. The lowest BCUT2D eigenvalue weighted by molar-refractivity contribution is 0.0975. The lowest BCUT2D eigenvalue weighted by Crippen LogP contribution is -1.96. The lowest BCUT2D eigenvalue weighted by atomic mass is 10.2. The Bertz CT molecular complexity index is 793. The second-order valence-electron chi connectivity index (χ2n) is 5.33. The van der Waals surface area contributed by atoms with Crippen molar-refractivity contribution in [1.29, 1.82) is 0 Å². The third-order valence-electron chi connectivity index (χ3n) is 3.58. The number of hydrogen-bond donors (Lipinski definition) is 1. The average Bonchev–Trinajstić information content (AvgIpc) is 3.02. The first-order valence-electron chi connectivity index (χ1n) is 7.60. The Kier molecular flexibility index (Phi) is 5.05. The van der Waals surface area contributed by atoms with E-state index in [0.29, 0.717) is 19.4 Å². The first-order chi connectivity index (χ1) is 11.3. The third kappa shape index (κ3) is 3.97. The van der Waals surface area contributed by atoms with E-state index >= 15 is 0 Å². The monoisotopic (exact) mass is 326 g/mol. The predicted octanol–water partition coefficient (Wildman–Crippen LogP) is 4.44. The number of carbonyl (C=O) groups excluding carboxylic acids is 1. The molecule has 4 heteroatoms. The number of benzene rings is 2. The van der Waals surface area contributed by atoms with Crippen LogP contribution in [0.4, 0.5) is 0 Å². The van der Waals surface area contributed by atoms with Crippen LogP contribution in [0.2, 0.25) is 0 Å². The molecule has 0 atom stereocenters. The van der Waals surface area contributed by atoms with Gasteiger partial charge in [-0.05, 0) is 41.6 Å². The molecule has 3 nitrogen and oxygen atoms in total. The molecule has 1 heterocycles. The minimum Gasteiger partial charge on any atom is -0.489 e. The molecule has 0 unspecified atom stereocenters. The van der Waals surface area contributed by atoms with Crippen LogP contribution in [-0.2, 0) is 6.61 Å². The standard InChI is InChI=1S/C19H18O3S/c20-10-4-7-17(21)19-11-15-8-9-16(12-18(15)23-19)22-13-14-5-2-1-3-6-14/h1-3,5-6,8-9,11-12,20H,4,7,10,13H2. The van der Waals surface area contributed by atoms with E-state index in [9.17, 15) is 4.79 Å². The van der Waals surface area contributed by atoms with Crippen LogP contribution in [0, 0.1) is 0 Å². The summed E-state index contributed by atoms with van der Waals surface area (Å²) in [4.78, 5) is 12.8. The lowest BCUT2D eigenvalue weighted by Gasteiger charge is -2.06. The highest BCUT2D eigenvalue weighted by Crippen LogP contribution is 2.30. The van der Waals surface area contributed by atoms with Gasteiger partial charge in [0.25, 0.3) is 0 Å². The molecule has 0 aliphatic carbocycles. The number of aliphatic hydroxyl groups is 1. The van der Waals surface area contributed by atoms with Gasteiger partial charge in [0.05, 0.1) is 4.88 Å². The molecule has 0 aliphatic heterocycles. The normalized spacial score (nSPS) is 10.8. The minimum absolute atomic E-state index is 0.0497. The van der Waals surface area contributed by atoms with Crippen LogP contribution < -0.4 is 4.74 Å². The van der Waals surface area contributed by atoms with Gasteiger partial charge < -0.3 is 9.84 Å². The van der Waals surface area contributed by atoms with Crippen LogP contribution in [-0.4, -0.2) is 17.5 Å². The summed E-state index contributed by atoms with van der Waals surface area (Å²) in [7, 11) is 0. The Morgan fingerprint density at radius 1 is 1.09 bits per heavy atom. The summed E-state index contributed by atoms with van der Waals surface area (Å²) >= 11 is 1.48. The molecule has 1 aromatic heterocycles. The Hall–Kier alpha value is -2.17. The smallest absolute Gasteiger partial charge is 0.172 e. The van der Waals surface area contributed by atoms with E-state index in [2.05, 4.69) is 0 Å². The SMILES string of the molecule is O=C(CCCO)c1cc2ccc(OCc3ccccc3)cc2s1. The number of carbonyl (C=O) groups is 1. The van der Waals surface area contributed by atoms with Gasteiger partial charge in [-0.1, -0.05) is 30.3 Å². The van der Waals surface area contributed by atoms with Gasteiger partial charge in [0.15, 0.2) is 5.78 Å². The maximum atomic E-state index is 12.0. The van der Waals surface area contributed by atoms with Crippen molar-refractivity contribution in [3.8, 4) is 5.75 Å². The number of rotatable bonds is 7. The van der Waals surface area contributed by atoms with Crippen molar-refractivity contribution in [1.82, 2.24) is 0 Å². The molecule has 0 saturated heterocycles. The Morgan fingerprint density at radius 3 is 2.70 bits per heavy atom. The third-order valence-corrected chi connectivity index (χ3v) is 4.72. The quantitative estimate of drug-likeness (QED) is 0.653. The Morgan fingerprint density at radius 2 is 1.91 bits per heavy atom. The molecular weight excluding hydrogens is 308 g/mol.